The Labute approximate surface area is 163 Å². The van der Waals surface area contributed by atoms with Gasteiger partial charge in [0.25, 0.3) is 0 Å². The molecule has 2 N–H and O–H groups in total. The van der Waals surface area contributed by atoms with Gasteiger partial charge in [0.15, 0.2) is 5.78 Å². The van der Waals surface area contributed by atoms with Gasteiger partial charge in [-0.25, -0.2) is 4.79 Å². The van der Waals surface area contributed by atoms with Gasteiger partial charge in [-0.2, -0.15) is 0 Å². The van der Waals surface area contributed by atoms with Crippen molar-refractivity contribution < 1.29 is 9.59 Å². The number of amides is 2. The first-order chi connectivity index (χ1) is 13.2. The van der Waals surface area contributed by atoms with E-state index in [-0.39, 0.29) is 11.8 Å². The van der Waals surface area contributed by atoms with Gasteiger partial charge in [-0.3, -0.25) is 9.69 Å². The zero-order valence-corrected chi connectivity index (χ0v) is 16.1. The number of hydrogen-bond donors (Lipinski definition) is 2. The average molecular weight is 382 g/mol. The van der Waals surface area contributed by atoms with Crippen molar-refractivity contribution in [3.63, 3.8) is 0 Å². The van der Waals surface area contributed by atoms with Gasteiger partial charge in [-0.15, -0.1) is 11.3 Å². The van der Waals surface area contributed by atoms with Crippen LogP contribution in [0.15, 0.2) is 53.0 Å². The average Bonchev–Trinajstić information content (AvgIpc) is 3.15. The summed E-state index contributed by atoms with van der Waals surface area (Å²) in [7, 11) is 0. The third kappa shape index (κ3) is 3.25. The van der Waals surface area contributed by atoms with Gasteiger partial charge in [0.2, 0.25) is 0 Å². The van der Waals surface area contributed by atoms with E-state index >= 15 is 0 Å². The minimum Gasteiger partial charge on any atom is -0.357 e. The Morgan fingerprint density at radius 2 is 2.11 bits per heavy atom. The standard InChI is InChI=1S/C21H23N3O2S/c1-2-12-22-21(26)24-16-9-4-3-7-14(16)23-15-8-5-10-17(25)19(15)20(24)18-11-6-13-27-18/h3-4,6-7,9,11,13,20,23H,2,5,8,10,12H2,1H3,(H,22,26)/t20-/m0/s1. The summed E-state index contributed by atoms with van der Waals surface area (Å²) < 4.78 is 0. The smallest absolute Gasteiger partial charge is 0.322 e. The second kappa shape index (κ2) is 7.56. The van der Waals surface area contributed by atoms with Crippen molar-refractivity contribution in [2.45, 2.75) is 38.6 Å². The highest BCUT2D eigenvalue weighted by Gasteiger charge is 2.39. The minimum absolute atomic E-state index is 0.128. The van der Waals surface area contributed by atoms with E-state index in [9.17, 15) is 9.59 Å². The number of hydrogen-bond acceptors (Lipinski definition) is 4. The van der Waals surface area contributed by atoms with Gasteiger partial charge in [0, 0.05) is 29.1 Å². The van der Waals surface area contributed by atoms with E-state index in [0.717, 1.165) is 46.8 Å². The Balaban J connectivity index is 1.92. The van der Waals surface area contributed by atoms with Crippen LogP contribution in [0.4, 0.5) is 16.2 Å². The van der Waals surface area contributed by atoms with Crippen LogP contribution in [0.2, 0.25) is 0 Å². The molecular weight excluding hydrogens is 358 g/mol. The molecule has 1 aromatic heterocycles. The molecule has 0 radical (unpaired) electrons. The number of allylic oxidation sites excluding steroid dienone is 1. The molecular formula is C21H23N3O2S. The number of Topliss-reactive ketones (excluding diaryl/α,β-unsaturated/α-hetero) is 1. The number of ketones is 1. The van der Waals surface area contributed by atoms with Crippen molar-refractivity contribution in [3.05, 3.63) is 57.9 Å². The molecule has 27 heavy (non-hydrogen) atoms. The molecule has 0 fully saturated rings. The van der Waals surface area contributed by atoms with Crippen LogP contribution in [-0.2, 0) is 4.79 Å². The monoisotopic (exact) mass is 381 g/mol. The number of para-hydroxylation sites is 2. The van der Waals surface area contributed by atoms with Gasteiger partial charge in [0.1, 0.15) is 6.04 Å². The Bertz CT molecular complexity index is 889. The van der Waals surface area contributed by atoms with Crippen LogP contribution >= 0.6 is 11.3 Å². The van der Waals surface area contributed by atoms with Crippen molar-refractivity contribution in [2.24, 2.45) is 0 Å². The Kier molecular flexibility index (Phi) is 4.99. The molecule has 5 nitrogen and oxygen atoms in total. The lowest BCUT2D eigenvalue weighted by Gasteiger charge is -2.32. The Morgan fingerprint density at radius 1 is 1.26 bits per heavy atom. The van der Waals surface area contributed by atoms with E-state index < -0.39 is 6.04 Å². The summed E-state index contributed by atoms with van der Waals surface area (Å²) in [5, 5.41) is 8.46. The summed E-state index contributed by atoms with van der Waals surface area (Å²) in [5.74, 6) is 0.128. The van der Waals surface area contributed by atoms with Gasteiger partial charge < -0.3 is 10.6 Å². The van der Waals surface area contributed by atoms with Crippen LogP contribution in [0.1, 0.15) is 43.5 Å². The van der Waals surface area contributed by atoms with Crippen molar-refractivity contribution >= 4 is 34.5 Å². The molecule has 6 heteroatoms. The molecule has 4 rings (SSSR count). The zero-order chi connectivity index (χ0) is 18.8. The largest absolute Gasteiger partial charge is 0.357 e. The topological polar surface area (TPSA) is 61.4 Å². The molecule has 1 aromatic carbocycles. The van der Waals surface area contributed by atoms with Crippen molar-refractivity contribution in [3.8, 4) is 0 Å². The van der Waals surface area contributed by atoms with E-state index in [1.165, 1.54) is 0 Å². The first-order valence-electron chi connectivity index (χ1n) is 9.43. The SMILES string of the molecule is CCCNC(=O)N1c2ccccc2NC2=C(C(=O)CCC2)[C@@H]1c1cccs1. The lowest BCUT2D eigenvalue weighted by atomic mass is 9.88. The Morgan fingerprint density at radius 3 is 2.89 bits per heavy atom. The van der Waals surface area contributed by atoms with Crippen molar-refractivity contribution in [1.82, 2.24) is 5.32 Å². The van der Waals surface area contributed by atoms with Gasteiger partial charge in [0.05, 0.1) is 11.4 Å². The third-order valence-corrected chi connectivity index (χ3v) is 5.92. The summed E-state index contributed by atoms with van der Waals surface area (Å²) in [6, 6.07) is 11.2. The molecule has 1 aliphatic heterocycles. The molecule has 140 valence electrons. The number of nitrogens with one attached hydrogen (secondary N) is 2. The molecule has 0 saturated heterocycles. The fourth-order valence-corrected chi connectivity index (χ4v) is 4.61. The van der Waals surface area contributed by atoms with Crippen molar-refractivity contribution in [2.75, 3.05) is 16.8 Å². The van der Waals surface area contributed by atoms with E-state index in [1.807, 2.05) is 48.7 Å². The van der Waals surface area contributed by atoms with Crippen LogP contribution in [0.25, 0.3) is 0 Å². The van der Waals surface area contributed by atoms with Gasteiger partial charge in [-0.05, 0) is 42.8 Å². The first-order valence-corrected chi connectivity index (χ1v) is 10.3. The van der Waals surface area contributed by atoms with Crippen LogP contribution in [-0.4, -0.2) is 18.4 Å². The van der Waals surface area contributed by atoms with E-state index in [2.05, 4.69) is 10.6 Å². The number of urea groups is 1. The molecule has 2 aromatic rings. The molecule has 1 aliphatic carbocycles. The third-order valence-electron chi connectivity index (χ3n) is 4.99. The summed E-state index contributed by atoms with van der Waals surface area (Å²) >= 11 is 1.58. The van der Waals surface area contributed by atoms with Crippen LogP contribution < -0.4 is 15.5 Å². The molecule has 0 spiro atoms. The van der Waals surface area contributed by atoms with E-state index in [0.29, 0.717) is 13.0 Å². The fraction of sp³-hybridized carbons (Fsp3) is 0.333. The summed E-state index contributed by atoms with van der Waals surface area (Å²) in [5.41, 5.74) is 3.34. The quantitative estimate of drug-likeness (QED) is 0.799. The number of rotatable bonds is 3. The summed E-state index contributed by atoms with van der Waals surface area (Å²) in [4.78, 5) is 28.9. The maximum atomic E-state index is 13.2. The number of carbonyl (C=O) groups is 2. The lowest BCUT2D eigenvalue weighted by molar-refractivity contribution is -0.116. The highest BCUT2D eigenvalue weighted by atomic mass is 32.1. The second-order valence-corrected chi connectivity index (χ2v) is 7.81. The molecule has 2 amide bonds. The number of fused-ring (bicyclic) bond motifs is 1. The predicted octanol–water partition coefficient (Wildman–Crippen LogP) is 4.85. The van der Waals surface area contributed by atoms with Crippen LogP contribution in [0, 0.1) is 0 Å². The lowest BCUT2D eigenvalue weighted by Crippen LogP contribution is -2.44. The van der Waals surface area contributed by atoms with Crippen LogP contribution in [0.3, 0.4) is 0 Å². The van der Waals surface area contributed by atoms with Crippen molar-refractivity contribution in [1.29, 1.82) is 0 Å². The molecule has 0 saturated carbocycles. The Hall–Kier alpha value is -2.60. The molecule has 0 bridgehead atoms. The summed E-state index contributed by atoms with van der Waals surface area (Å²) in [6.45, 7) is 2.63. The number of thiophene rings is 1. The van der Waals surface area contributed by atoms with Gasteiger partial charge in [-0.1, -0.05) is 25.1 Å². The number of benzene rings is 1. The maximum Gasteiger partial charge on any atom is 0.322 e. The minimum atomic E-state index is -0.402. The molecule has 2 heterocycles. The first kappa shape index (κ1) is 17.8. The fourth-order valence-electron chi connectivity index (χ4n) is 3.79. The van der Waals surface area contributed by atoms with Gasteiger partial charge >= 0.3 is 6.03 Å². The highest BCUT2D eigenvalue weighted by Crippen LogP contribution is 2.45. The molecule has 2 aliphatic rings. The number of carbonyl (C=O) groups excluding carboxylic acids is 2. The second-order valence-electron chi connectivity index (χ2n) is 6.83. The number of nitrogens with zero attached hydrogens (tertiary/aromatic N) is 1. The summed E-state index contributed by atoms with van der Waals surface area (Å²) in [6.07, 6.45) is 3.05. The maximum absolute atomic E-state index is 13.2. The normalized spacial score (nSPS) is 19.1. The van der Waals surface area contributed by atoms with E-state index in [4.69, 9.17) is 0 Å². The van der Waals surface area contributed by atoms with Crippen LogP contribution in [0.5, 0.6) is 0 Å². The molecule has 1 atom stereocenters. The van der Waals surface area contributed by atoms with E-state index in [1.54, 1.807) is 16.2 Å². The zero-order valence-electron chi connectivity index (χ0n) is 15.3. The predicted molar refractivity (Wildman–Crippen MR) is 109 cm³/mol. The highest BCUT2D eigenvalue weighted by molar-refractivity contribution is 7.10. The molecule has 0 unspecified atom stereocenters. The number of anilines is 2.